The van der Waals surface area contributed by atoms with Crippen LogP contribution in [0.15, 0.2) is 30.3 Å². The van der Waals surface area contributed by atoms with Crippen LogP contribution in [0.4, 0.5) is 0 Å². The lowest BCUT2D eigenvalue weighted by Gasteiger charge is -2.48. The number of hydrogen-bond acceptors (Lipinski definition) is 3. The summed E-state index contributed by atoms with van der Waals surface area (Å²) in [7, 11) is 1.47. The number of carbonyl (C=O) groups is 2. The zero-order valence-electron chi connectivity index (χ0n) is 14.6. The molecule has 1 saturated carbocycles. The highest BCUT2D eigenvalue weighted by atomic mass is 16.5. The van der Waals surface area contributed by atoms with Crippen LogP contribution in [-0.4, -0.2) is 18.9 Å². The van der Waals surface area contributed by atoms with Crippen LogP contribution in [0, 0.1) is 10.8 Å². The Morgan fingerprint density at radius 2 is 1.74 bits per heavy atom. The van der Waals surface area contributed by atoms with Crippen LogP contribution in [0.5, 0.6) is 0 Å². The molecule has 0 aromatic heterocycles. The lowest BCUT2D eigenvalue weighted by Crippen LogP contribution is -2.49. The monoisotopic (exact) mass is 316 g/mol. The fourth-order valence-electron chi connectivity index (χ4n) is 4.12. The first-order valence-corrected chi connectivity index (χ1v) is 8.66. The van der Waals surface area contributed by atoms with Gasteiger partial charge in [0.2, 0.25) is 0 Å². The van der Waals surface area contributed by atoms with Crippen molar-refractivity contribution in [2.75, 3.05) is 7.11 Å². The first-order valence-electron chi connectivity index (χ1n) is 8.66. The Hall–Kier alpha value is -1.64. The number of rotatable bonds is 6. The fourth-order valence-corrected chi connectivity index (χ4v) is 4.12. The van der Waals surface area contributed by atoms with E-state index in [0.717, 1.165) is 44.1 Å². The van der Waals surface area contributed by atoms with Gasteiger partial charge in [-0.2, -0.15) is 0 Å². The van der Waals surface area contributed by atoms with Gasteiger partial charge in [0, 0.05) is 12.0 Å². The quantitative estimate of drug-likeness (QED) is 0.559. The van der Waals surface area contributed by atoms with Gasteiger partial charge in [-0.3, -0.25) is 9.59 Å². The molecule has 3 heteroatoms. The minimum Gasteiger partial charge on any atom is -0.469 e. The summed E-state index contributed by atoms with van der Waals surface area (Å²) < 4.78 is 5.18. The van der Waals surface area contributed by atoms with Crippen molar-refractivity contribution in [3.05, 3.63) is 35.9 Å². The number of Topliss-reactive ketones (excluding diaryl/α,β-unsaturated/α-hetero) is 1. The third-order valence-corrected chi connectivity index (χ3v) is 5.87. The van der Waals surface area contributed by atoms with Gasteiger partial charge < -0.3 is 4.74 Å². The van der Waals surface area contributed by atoms with Crippen LogP contribution >= 0.6 is 0 Å². The highest BCUT2D eigenvalue weighted by molar-refractivity contribution is 5.97. The van der Waals surface area contributed by atoms with E-state index in [-0.39, 0.29) is 17.2 Å². The van der Waals surface area contributed by atoms with Crippen LogP contribution in [-0.2, 0) is 9.53 Å². The maximum absolute atomic E-state index is 12.8. The molecule has 1 atom stereocenters. The summed E-state index contributed by atoms with van der Waals surface area (Å²) in [6, 6.07) is 9.38. The van der Waals surface area contributed by atoms with Crippen LogP contribution in [0.2, 0.25) is 0 Å². The highest BCUT2D eigenvalue weighted by Crippen LogP contribution is 2.54. The minimum absolute atomic E-state index is 0.115. The number of methoxy groups -OCH3 is 1. The average molecular weight is 316 g/mol. The van der Waals surface area contributed by atoms with E-state index in [1.165, 1.54) is 7.11 Å². The van der Waals surface area contributed by atoms with E-state index in [1.807, 2.05) is 30.3 Å². The highest BCUT2D eigenvalue weighted by Gasteiger charge is 2.54. The summed E-state index contributed by atoms with van der Waals surface area (Å²) in [6.07, 6.45) is 6.06. The molecule has 0 aliphatic heterocycles. The van der Waals surface area contributed by atoms with Gasteiger partial charge in [-0.1, -0.05) is 63.4 Å². The van der Waals surface area contributed by atoms with Gasteiger partial charge in [0.1, 0.15) is 0 Å². The van der Waals surface area contributed by atoms with E-state index in [0.29, 0.717) is 6.42 Å². The number of ether oxygens (including phenoxy) is 1. The van der Waals surface area contributed by atoms with E-state index in [9.17, 15) is 9.59 Å². The molecule has 0 N–H and O–H groups in total. The molecule has 2 rings (SSSR count). The standard InChI is InChI=1S/C20H28O3/c1-4-19(2,15-17(21)16-11-7-5-8-12-16)20(18(22)23-3)13-9-6-10-14-20/h5,7-8,11-12H,4,6,9-10,13-15H2,1-3H3. The molecule has 0 radical (unpaired) electrons. The summed E-state index contributed by atoms with van der Waals surface area (Å²) in [5, 5.41) is 0. The molecule has 1 unspecified atom stereocenters. The second-order valence-corrected chi connectivity index (χ2v) is 7.01. The number of esters is 1. The van der Waals surface area contributed by atoms with Gasteiger partial charge in [0.05, 0.1) is 12.5 Å². The molecule has 1 fully saturated rings. The van der Waals surface area contributed by atoms with Crippen molar-refractivity contribution in [1.82, 2.24) is 0 Å². The number of hydrogen-bond donors (Lipinski definition) is 0. The molecule has 1 aromatic rings. The topological polar surface area (TPSA) is 43.4 Å². The molecule has 0 spiro atoms. The predicted molar refractivity (Wildman–Crippen MR) is 91.3 cm³/mol. The van der Waals surface area contributed by atoms with E-state index in [4.69, 9.17) is 4.74 Å². The normalized spacial score (nSPS) is 19.6. The summed E-state index contributed by atoms with van der Waals surface area (Å²) >= 11 is 0. The van der Waals surface area contributed by atoms with Crippen LogP contribution in [0.1, 0.15) is 69.2 Å². The molecule has 1 aliphatic carbocycles. The first kappa shape index (κ1) is 17.7. The van der Waals surface area contributed by atoms with Gasteiger partial charge >= 0.3 is 5.97 Å². The summed E-state index contributed by atoms with van der Waals surface area (Å²) in [5.41, 5.74) is -0.171. The van der Waals surface area contributed by atoms with Gasteiger partial charge in [0.15, 0.2) is 5.78 Å². The molecular formula is C20H28O3. The maximum atomic E-state index is 12.8. The predicted octanol–water partition coefficient (Wildman–Crippen LogP) is 4.80. The molecular weight excluding hydrogens is 288 g/mol. The van der Waals surface area contributed by atoms with Gasteiger partial charge in [-0.05, 0) is 24.7 Å². The van der Waals surface area contributed by atoms with Crippen LogP contribution in [0.25, 0.3) is 0 Å². The largest absolute Gasteiger partial charge is 0.469 e. The van der Waals surface area contributed by atoms with Crippen LogP contribution < -0.4 is 0 Å². The van der Waals surface area contributed by atoms with E-state index >= 15 is 0 Å². The van der Waals surface area contributed by atoms with Crippen molar-refractivity contribution < 1.29 is 14.3 Å². The Labute approximate surface area is 139 Å². The molecule has 126 valence electrons. The number of carbonyl (C=O) groups excluding carboxylic acids is 2. The second kappa shape index (κ2) is 7.29. The molecule has 3 nitrogen and oxygen atoms in total. The van der Waals surface area contributed by atoms with Crippen molar-refractivity contribution in [2.45, 2.75) is 58.8 Å². The third kappa shape index (κ3) is 3.34. The summed E-state index contributed by atoms with van der Waals surface area (Å²) in [4.78, 5) is 25.4. The number of ketones is 1. The Morgan fingerprint density at radius 1 is 1.13 bits per heavy atom. The zero-order chi connectivity index (χ0) is 16.9. The van der Waals surface area contributed by atoms with Gasteiger partial charge in [0.25, 0.3) is 0 Å². The molecule has 0 heterocycles. The Balaban J connectivity index is 2.32. The Kier molecular flexibility index (Phi) is 5.61. The van der Waals surface area contributed by atoms with E-state index in [1.54, 1.807) is 0 Å². The zero-order valence-corrected chi connectivity index (χ0v) is 14.6. The van der Waals surface area contributed by atoms with Crippen molar-refractivity contribution in [1.29, 1.82) is 0 Å². The van der Waals surface area contributed by atoms with Gasteiger partial charge in [-0.15, -0.1) is 0 Å². The molecule has 1 aliphatic rings. The third-order valence-electron chi connectivity index (χ3n) is 5.87. The lowest BCUT2D eigenvalue weighted by molar-refractivity contribution is -0.166. The van der Waals surface area contributed by atoms with E-state index in [2.05, 4.69) is 13.8 Å². The average Bonchev–Trinajstić information content (AvgIpc) is 2.62. The number of benzene rings is 1. The SMILES string of the molecule is CCC(C)(CC(=O)c1ccccc1)C1(C(=O)OC)CCCCC1. The Morgan fingerprint density at radius 3 is 2.26 bits per heavy atom. The van der Waals surface area contributed by atoms with Crippen molar-refractivity contribution >= 4 is 11.8 Å². The van der Waals surface area contributed by atoms with Crippen molar-refractivity contribution in [2.24, 2.45) is 10.8 Å². The fraction of sp³-hybridized carbons (Fsp3) is 0.600. The minimum atomic E-state index is -0.529. The summed E-state index contributed by atoms with van der Waals surface area (Å²) in [6.45, 7) is 4.17. The Bertz CT molecular complexity index is 543. The smallest absolute Gasteiger partial charge is 0.312 e. The van der Waals surface area contributed by atoms with Crippen molar-refractivity contribution in [3.8, 4) is 0 Å². The van der Waals surface area contributed by atoms with Gasteiger partial charge in [-0.25, -0.2) is 0 Å². The van der Waals surface area contributed by atoms with E-state index < -0.39 is 5.41 Å². The lowest BCUT2D eigenvalue weighted by atomic mass is 9.54. The maximum Gasteiger partial charge on any atom is 0.312 e. The summed E-state index contributed by atoms with van der Waals surface area (Å²) in [5.74, 6) is -0.0220. The molecule has 0 amide bonds. The van der Waals surface area contributed by atoms with Crippen LogP contribution in [0.3, 0.4) is 0 Å². The molecule has 23 heavy (non-hydrogen) atoms. The first-order chi connectivity index (χ1) is 11.0. The molecule has 1 aromatic carbocycles. The molecule has 0 saturated heterocycles. The van der Waals surface area contributed by atoms with Crippen molar-refractivity contribution in [3.63, 3.8) is 0 Å². The second-order valence-electron chi connectivity index (χ2n) is 7.01. The molecule has 0 bridgehead atoms.